The number of hydrogen-bond acceptors (Lipinski definition) is 8. The van der Waals surface area contributed by atoms with Crippen LogP contribution in [0.15, 0.2) is 35.5 Å². The molecule has 0 bridgehead atoms. The van der Waals surface area contributed by atoms with Crippen molar-refractivity contribution in [2.24, 2.45) is 0 Å². The van der Waals surface area contributed by atoms with Crippen molar-refractivity contribution >= 4 is 34.6 Å². The van der Waals surface area contributed by atoms with Gasteiger partial charge in [-0.15, -0.1) is 0 Å². The minimum Gasteiger partial charge on any atom is -0.467 e. The van der Waals surface area contributed by atoms with Crippen molar-refractivity contribution in [1.82, 2.24) is 9.88 Å². The third-order valence-corrected chi connectivity index (χ3v) is 5.77. The number of aromatic amines is 1. The normalized spacial score (nSPS) is 20.5. The number of rotatable bonds is 3. The number of fused-ring (bicyclic) bond motifs is 5. The molecule has 0 aliphatic carbocycles. The number of aromatic nitrogens is 1. The van der Waals surface area contributed by atoms with Crippen LogP contribution in [0.3, 0.4) is 0 Å². The minimum atomic E-state index is -1.63. The van der Waals surface area contributed by atoms with Crippen LogP contribution in [0.5, 0.6) is 0 Å². The van der Waals surface area contributed by atoms with Gasteiger partial charge in [0.25, 0.3) is 0 Å². The van der Waals surface area contributed by atoms with Crippen LogP contribution < -0.4 is 0 Å². The van der Waals surface area contributed by atoms with Gasteiger partial charge in [0.05, 0.1) is 33.4 Å². The van der Waals surface area contributed by atoms with E-state index in [0.717, 1.165) is 30.7 Å². The van der Waals surface area contributed by atoms with Crippen molar-refractivity contribution in [2.75, 3.05) is 27.9 Å². The highest BCUT2D eigenvalue weighted by atomic mass is 16.5. The second kappa shape index (κ2) is 7.01. The molecule has 0 fully saturated rings. The zero-order chi connectivity index (χ0) is 21.6. The highest BCUT2D eigenvalue weighted by molar-refractivity contribution is 6.23. The van der Waals surface area contributed by atoms with Crippen LogP contribution in [-0.4, -0.2) is 61.4 Å². The molecule has 1 atom stereocenters. The summed E-state index contributed by atoms with van der Waals surface area (Å²) in [6.45, 7) is 0.197. The number of para-hydroxylation sites is 1. The molecule has 1 N–H and O–H groups in total. The maximum absolute atomic E-state index is 13.2. The monoisotopic (exact) mass is 412 g/mol. The zero-order valence-electron chi connectivity index (χ0n) is 16.7. The Hall–Kier alpha value is -3.62. The van der Waals surface area contributed by atoms with Gasteiger partial charge in [0.15, 0.2) is 11.3 Å². The molecule has 0 saturated heterocycles. The molecule has 156 valence electrons. The van der Waals surface area contributed by atoms with E-state index in [0.29, 0.717) is 12.1 Å². The van der Waals surface area contributed by atoms with E-state index in [1.54, 1.807) is 0 Å². The van der Waals surface area contributed by atoms with Gasteiger partial charge in [-0.25, -0.2) is 14.4 Å². The third-order valence-electron chi connectivity index (χ3n) is 5.77. The number of hydrogen-bond donors (Lipinski definition) is 1. The second-order valence-electron chi connectivity index (χ2n) is 7.08. The summed E-state index contributed by atoms with van der Waals surface area (Å²) >= 11 is 0. The van der Waals surface area contributed by atoms with Gasteiger partial charge in [-0.2, -0.15) is 0 Å². The summed E-state index contributed by atoms with van der Waals surface area (Å²) in [7, 11) is 3.47. The number of ether oxygens (including phenoxy) is 3. The number of H-pyrrole nitrogens is 1. The molecule has 0 saturated carbocycles. The van der Waals surface area contributed by atoms with E-state index in [1.807, 2.05) is 24.3 Å². The number of ketones is 1. The molecule has 2 aliphatic heterocycles. The minimum absolute atomic E-state index is 0.197. The molecule has 1 aromatic carbocycles. The van der Waals surface area contributed by atoms with Crippen molar-refractivity contribution in [2.45, 2.75) is 18.4 Å². The number of carbonyl (C=O) groups is 4. The first-order valence-corrected chi connectivity index (χ1v) is 9.31. The average Bonchev–Trinajstić information content (AvgIpc) is 3.16. The van der Waals surface area contributed by atoms with Crippen LogP contribution in [0, 0.1) is 0 Å². The molecule has 2 aliphatic rings. The fourth-order valence-corrected chi connectivity index (χ4v) is 4.51. The second-order valence-corrected chi connectivity index (χ2v) is 7.08. The molecule has 9 heteroatoms. The molecule has 0 spiro atoms. The van der Waals surface area contributed by atoms with Gasteiger partial charge >= 0.3 is 17.9 Å². The third kappa shape index (κ3) is 2.47. The number of benzene rings is 1. The predicted octanol–water partition coefficient (Wildman–Crippen LogP) is 0.967. The predicted molar refractivity (Wildman–Crippen MR) is 103 cm³/mol. The van der Waals surface area contributed by atoms with Gasteiger partial charge < -0.3 is 24.1 Å². The topological polar surface area (TPSA) is 115 Å². The molecule has 1 unspecified atom stereocenters. The lowest BCUT2D eigenvalue weighted by atomic mass is 9.76. The molecule has 0 amide bonds. The summed E-state index contributed by atoms with van der Waals surface area (Å²) < 4.78 is 14.7. The fourth-order valence-electron chi connectivity index (χ4n) is 4.51. The Morgan fingerprint density at radius 2 is 1.73 bits per heavy atom. The van der Waals surface area contributed by atoms with Gasteiger partial charge in [0, 0.05) is 17.4 Å². The summed E-state index contributed by atoms with van der Waals surface area (Å²) in [5.74, 6) is -3.28. The lowest BCUT2D eigenvalue weighted by Gasteiger charge is -2.48. The van der Waals surface area contributed by atoms with E-state index in [9.17, 15) is 19.2 Å². The zero-order valence-corrected chi connectivity index (χ0v) is 16.7. The molecule has 3 heterocycles. The largest absolute Gasteiger partial charge is 0.467 e. The smallest absolute Gasteiger partial charge is 0.355 e. The standard InChI is InChI=1S/C21H20N2O7/c1-28-18(25)15-14(24)10-21(20(27)30-3)17-12(11-6-4-5-7-13(11)22-17)8-9-23(21)16(15)19(26)29-2/h4-7,22H,8-10H2,1-3H3. The lowest BCUT2D eigenvalue weighted by Crippen LogP contribution is -2.61. The van der Waals surface area contributed by atoms with Gasteiger partial charge in [-0.05, 0) is 18.1 Å². The van der Waals surface area contributed by atoms with Crippen LogP contribution >= 0.6 is 0 Å². The van der Waals surface area contributed by atoms with Gasteiger partial charge in [0.1, 0.15) is 11.3 Å². The average molecular weight is 412 g/mol. The maximum atomic E-state index is 13.2. The first-order valence-electron chi connectivity index (χ1n) is 9.31. The van der Waals surface area contributed by atoms with Gasteiger partial charge in [0.2, 0.25) is 0 Å². The number of Topliss-reactive ketones (excluding diaryl/α,β-unsaturated/α-hetero) is 1. The van der Waals surface area contributed by atoms with Crippen LogP contribution in [-0.2, 0) is 45.3 Å². The summed E-state index contributed by atoms with van der Waals surface area (Å²) in [5, 5.41) is 0.922. The summed E-state index contributed by atoms with van der Waals surface area (Å²) in [4.78, 5) is 56.0. The quantitative estimate of drug-likeness (QED) is 0.451. The van der Waals surface area contributed by atoms with E-state index in [1.165, 1.54) is 12.0 Å². The van der Waals surface area contributed by atoms with Crippen LogP contribution in [0.1, 0.15) is 17.7 Å². The molecule has 4 rings (SSSR count). The van der Waals surface area contributed by atoms with E-state index in [4.69, 9.17) is 14.2 Å². The van der Waals surface area contributed by atoms with Crippen LogP contribution in [0.4, 0.5) is 0 Å². The highest BCUT2D eigenvalue weighted by Gasteiger charge is 2.59. The van der Waals surface area contributed by atoms with Crippen molar-refractivity contribution in [3.63, 3.8) is 0 Å². The Bertz CT molecular complexity index is 1130. The maximum Gasteiger partial charge on any atom is 0.355 e. The van der Waals surface area contributed by atoms with Crippen molar-refractivity contribution in [3.05, 3.63) is 46.8 Å². The van der Waals surface area contributed by atoms with E-state index < -0.39 is 34.8 Å². The van der Waals surface area contributed by atoms with Gasteiger partial charge in [-0.3, -0.25) is 4.79 Å². The summed E-state index contributed by atoms with van der Waals surface area (Å²) in [6.07, 6.45) is 0.0889. The highest BCUT2D eigenvalue weighted by Crippen LogP contribution is 2.47. The Morgan fingerprint density at radius 1 is 1.03 bits per heavy atom. The Labute approximate surface area is 171 Å². The number of methoxy groups -OCH3 is 3. The van der Waals surface area contributed by atoms with E-state index >= 15 is 0 Å². The Morgan fingerprint density at radius 3 is 2.40 bits per heavy atom. The summed E-state index contributed by atoms with van der Waals surface area (Å²) in [5.41, 5.74) is -0.216. The molecular formula is C21H20N2O7. The van der Waals surface area contributed by atoms with Crippen molar-refractivity contribution in [1.29, 1.82) is 0 Å². The molecule has 30 heavy (non-hydrogen) atoms. The SMILES string of the molecule is COC(=O)C1=C(C(=O)OC)N2CCc3c([nH]c4ccccc34)C2(C(=O)OC)CC1=O. The Kier molecular flexibility index (Phi) is 4.60. The first kappa shape index (κ1) is 19.7. The molecule has 0 radical (unpaired) electrons. The lowest BCUT2D eigenvalue weighted by molar-refractivity contribution is -0.162. The first-order chi connectivity index (χ1) is 14.4. The Balaban J connectivity index is 2.05. The number of carbonyl (C=O) groups excluding carboxylic acids is 4. The number of nitrogens with one attached hydrogen (secondary N) is 1. The van der Waals surface area contributed by atoms with Crippen molar-refractivity contribution < 1.29 is 33.4 Å². The van der Waals surface area contributed by atoms with Crippen LogP contribution in [0.2, 0.25) is 0 Å². The molecule has 9 nitrogen and oxygen atoms in total. The number of esters is 3. The van der Waals surface area contributed by atoms with E-state index in [-0.39, 0.29) is 18.7 Å². The number of nitrogens with zero attached hydrogens (tertiary/aromatic N) is 1. The molecular weight excluding hydrogens is 392 g/mol. The molecule has 1 aromatic heterocycles. The van der Waals surface area contributed by atoms with Crippen molar-refractivity contribution in [3.8, 4) is 0 Å². The van der Waals surface area contributed by atoms with E-state index in [2.05, 4.69) is 4.98 Å². The summed E-state index contributed by atoms with van der Waals surface area (Å²) in [6, 6.07) is 7.53. The molecule has 2 aromatic rings. The van der Waals surface area contributed by atoms with Gasteiger partial charge in [-0.1, -0.05) is 18.2 Å². The fraction of sp³-hybridized carbons (Fsp3) is 0.333. The van der Waals surface area contributed by atoms with Crippen LogP contribution in [0.25, 0.3) is 10.9 Å².